The van der Waals surface area contributed by atoms with Crippen LogP contribution < -0.4 is 10.9 Å². The molecule has 6 nitrogen and oxygen atoms in total. The fraction of sp³-hybridized carbons (Fsp3) is 0.381. The number of pyridine rings is 1. The van der Waals surface area contributed by atoms with E-state index >= 15 is 0 Å². The van der Waals surface area contributed by atoms with Gasteiger partial charge in [0.05, 0.1) is 11.5 Å². The Morgan fingerprint density at radius 2 is 2.00 bits per heavy atom. The van der Waals surface area contributed by atoms with Crippen LogP contribution in [0.1, 0.15) is 42.1 Å². The standard InChI is InChI=1S/C21H23N3O3/c1-3-7-17-21(15-9-4-5-10-16(15)22-20(21)27)11-13-24(17)19(26)14-8-6-12-23(2)18(14)25/h4-6,8-10,12,17H,3,7,11,13H2,1-2H3,(H,22,27)/t17-,21-/m0/s1. The van der Waals surface area contributed by atoms with Gasteiger partial charge in [-0.05, 0) is 36.6 Å². The van der Waals surface area contributed by atoms with Crippen molar-refractivity contribution in [2.75, 3.05) is 11.9 Å². The molecule has 2 aliphatic rings. The van der Waals surface area contributed by atoms with Crippen molar-refractivity contribution in [1.29, 1.82) is 0 Å². The van der Waals surface area contributed by atoms with E-state index in [2.05, 4.69) is 12.2 Å². The lowest BCUT2D eigenvalue weighted by Gasteiger charge is -2.34. The van der Waals surface area contributed by atoms with E-state index in [0.717, 1.165) is 17.7 Å². The topological polar surface area (TPSA) is 71.4 Å². The van der Waals surface area contributed by atoms with Crippen LogP contribution in [0.2, 0.25) is 0 Å². The van der Waals surface area contributed by atoms with Crippen molar-refractivity contribution in [1.82, 2.24) is 9.47 Å². The van der Waals surface area contributed by atoms with Gasteiger partial charge < -0.3 is 14.8 Å². The van der Waals surface area contributed by atoms with Gasteiger partial charge in [-0.25, -0.2) is 0 Å². The third kappa shape index (κ3) is 2.43. The van der Waals surface area contributed by atoms with Gasteiger partial charge in [0.2, 0.25) is 5.91 Å². The third-order valence-corrected chi connectivity index (χ3v) is 5.93. The first-order valence-electron chi connectivity index (χ1n) is 9.38. The van der Waals surface area contributed by atoms with Gasteiger partial charge in [-0.15, -0.1) is 0 Å². The minimum Gasteiger partial charge on any atom is -0.334 e. The summed E-state index contributed by atoms with van der Waals surface area (Å²) in [4.78, 5) is 40.5. The van der Waals surface area contributed by atoms with Gasteiger partial charge in [0, 0.05) is 25.5 Å². The van der Waals surface area contributed by atoms with Crippen LogP contribution in [0.3, 0.4) is 0 Å². The molecule has 6 heteroatoms. The first-order valence-corrected chi connectivity index (χ1v) is 9.38. The number of rotatable bonds is 3. The fourth-order valence-electron chi connectivity index (χ4n) is 4.64. The number of anilines is 1. The third-order valence-electron chi connectivity index (χ3n) is 5.93. The average Bonchev–Trinajstić information content (AvgIpc) is 3.17. The van der Waals surface area contributed by atoms with Gasteiger partial charge in [-0.1, -0.05) is 31.5 Å². The Kier molecular flexibility index (Phi) is 4.13. The van der Waals surface area contributed by atoms with Crippen molar-refractivity contribution in [3.63, 3.8) is 0 Å². The Hall–Kier alpha value is -2.89. The maximum atomic E-state index is 13.2. The normalized spacial score (nSPS) is 23.6. The smallest absolute Gasteiger partial charge is 0.263 e. The number of aryl methyl sites for hydroxylation is 1. The van der Waals surface area contributed by atoms with Crippen molar-refractivity contribution >= 4 is 17.5 Å². The molecule has 2 aromatic rings. The molecule has 1 N–H and O–H groups in total. The monoisotopic (exact) mass is 365 g/mol. The summed E-state index contributed by atoms with van der Waals surface area (Å²) in [5.41, 5.74) is 0.903. The lowest BCUT2D eigenvalue weighted by molar-refractivity contribution is -0.121. The molecule has 1 aromatic carbocycles. The number of nitrogens with zero attached hydrogens (tertiary/aromatic N) is 2. The number of benzene rings is 1. The summed E-state index contributed by atoms with van der Waals surface area (Å²) in [5.74, 6) is -0.331. The first kappa shape index (κ1) is 17.5. The fourth-order valence-corrected chi connectivity index (χ4v) is 4.64. The van der Waals surface area contributed by atoms with E-state index in [9.17, 15) is 14.4 Å². The van der Waals surface area contributed by atoms with Crippen LogP contribution in [0.25, 0.3) is 0 Å². The second-order valence-corrected chi connectivity index (χ2v) is 7.36. The summed E-state index contributed by atoms with van der Waals surface area (Å²) in [7, 11) is 1.63. The molecule has 0 unspecified atom stereocenters. The molecular formula is C21H23N3O3. The predicted molar refractivity (Wildman–Crippen MR) is 103 cm³/mol. The number of hydrogen-bond acceptors (Lipinski definition) is 3. The highest BCUT2D eigenvalue weighted by Crippen LogP contribution is 2.49. The zero-order chi connectivity index (χ0) is 19.2. The summed E-state index contributed by atoms with van der Waals surface area (Å²) in [6, 6.07) is 10.7. The number of para-hydroxylation sites is 1. The van der Waals surface area contributed by atoms with Crippen LogP contribution in [-0.4, -0.2) is 33.9 Å². The van der Waals surface area contributed by atoms with Gasteiger partial charge in [-0.3, -0.25) is 14.4 Å². The van der Waals surface area contributed by atoms with E-state index in [4.69, 9.17) is 0 Å². The Morgan fingerprint density at radius 1 is 1.22 bits per heavy atom. The minimum absolute atomic E-state index is 0.0431. The highest BCUT2D eigenvalue weighted by atomic mass is 16.2. The number of likely N-dealkylation sites (tertiary alicyclic amines) is 1. The summed E-state index contributed by atoms with van der Waals surface area (Å²) in [5, 5.41) is 3.00. The Labute approximate surface area is 157 Å². The molecule has 2 amide bonds. The molecule has 1 aromatic heterocycles. The van der Waals surface area contributed by atoms with Gasteiger partial charge >= 0.3 is 0 Å². The molecule has 3 heterocycles. The molecule has 0 bridgehead atoms. The summed E-state index contributed by atoms with van der Waals surface area (Å²) < 4.78 is 1.41. The lowest BCUT2D eigenvalue weighted by atomic mass is 9.73. The summed E-state index contributed by atoms with van der Waals surface area (Å²) >= 11 is 0. The highest BCUT2D eigenvalue weighted by Gasteiger charge is 2.58. The van der Waals surface area contributed by atoms with E-state index in [1.165, 1.54) is 4.57 Å². The molecule has 1 spiro atoms. The van der Waals surface area contributed by atoms with Crippen LogP contribution in [0, 0.1) is 0 Å². The van der Waals surface area contributed by atoms with Gasteiger partial charge in [0.25, 0.3) is 11.5 Å². The van der Waals surface area contributed by atoms with Gasteiger partial charge in [0.15, 0.2) is 0 Å². The number of hydrogen-bond donors (Lipinski definition) is 1. The Morgan fingerprint density at radius 3 is 2.78 bits per heavy atom. The highest BCUT2D eigenvalue weighted by molar-refractivity contribution is 6.08. The first-order chi connectivity index (χ1) is 13.0. The number of amides is 2. The lowest BCUT2D eigenvalue weighted by Crippen LogP contribution is -2.49. The molecule has 1 fully saturated rings. The van der Waals surface area contributed by atoms with E-state index in [0.29, 0.717) is 19.4 Å². The SMILES string of the molecule is CCC[C@@H]1N(C(=O)c2cccn(C)c2=O)CC[C@@]12C(=O)Nc1ccccc12. The molecule has 0 saturated carbocycles. The quantitative estimate of drug-likeness (QED) is 0.907. The molecule has 0 radical (unpaired) electrons. The van der Waals surface area contributed by atoms with Crippen LogP contribution in [0.5, 0.6) is 0 Å². The number of carbonyl (C=O) groups is 2. The summed E-state index contributed by atoms with van der Waals surface area (Å²) in [6.45, 7) is 2.51. The van der Waals surface area contributed by atoms with Crippen LogP contribution in [0.15, 0.2) is 47.4 Å². The van der Waals surface area contributed by atoms with Gasteiger partial charge in [-0.2, -0.15) is 0 Å². The number of aromatic nitrogens is 1. The van der Waals surface area contributed by atoms with Crippen molar-refractivity contribution in [2.24, 2.45) is 7.05 Å². The minimum atomic E-state index is -0.734. The van der Waals surface area contributed by atoms with E-state index in [1.807, 2.05) is 24.3 Å². The Balaban J connectivity index is 1.79. The summed E-state index contributed by atoms with van der Waals surface area (Å²) in [6.07, 6.45) is 3.76. The van der Waals surface area contributed by atoms with Crippen LogP contribution >= 0.6 is 0 Å². The Bertz CT molecular complexity index is 981. The van der Waals surface area contributed by atoms with E-state index in [1.54, 1.807) is 30.3 Å². The number of nitrogens with one attached hydrogen (secondary N) is 1. The van der Waals surface area contributed by atoms with Crippen LogP contribution in [-0.2, 0) is 17.3 Å². The van der Waals surface area contributed by atoms with E-state index in [-0.39, 0.29) is 29.0 Å². The largest absolute Gasteiger partial charge is 0.334 e. The zero-order valence-corrected chi connectivity index (χ0v) is 15.6. The number of carbonyl (C=O) groups excluding carboxylic acids is 2. The maximum absolute atomic E-state index is 13.2. The molecule has 0 aliphatic carbocycles. The predicted octanol–water partition coefficient (Wildman–Crippen LogP) is 2.29. The molecule has 2 aliphatic heterocycles. The second kappa shape index (κ2) is 6.37. The van der Waals surface area contributed by atoms with E-state index < -0.39 is 5.41 Å². The average molecular weight is 365 g/mol. The van der Waals surface area contributed by atoms with Crippen molar-refractivity contribution < 1.29 is 9.59 Å². The van der Waals surface area contributed by atoms with Crippen molar-refractivity contribution in [2.45, 2.75) is 37.6 Å². The molecular weight excluding hydrogens is 342 g/mol. The van der Waals surface area contributed by atoms with Crippen LogP contribution in [0.4, 0.5) is 5.69 Å². The second-order valence-electron chi connectivity index (χ2n) is 7.36. The number of fused-ring (bicyclic) bond motifs is 2. The molecule has 1 saturated heterocycles. The molecule has 4 rings (SSSR count). The van der Waals surface area contributed by atoms with Gasteiger partial charge in [0.1, 0.15) is 5.56 Å². The molecule has 140 valence electrons. The van der Waals surface area contributed by atoms with Crippen molar-refractivity contribution in [3.05, 3.63) is 64.1 Å². The van der Waals surface area contributed by atoms with Crippen molar-refractivity contribution in [3.8, 4) is 0 Å². The molecule has 27 heavy (non-hydrogen) atoms. The zero-order valence-electron chi connectivity index (χ0n) is 15.6. The maximum Gasteiger partial charge on any atom is 0.263 e. The molecule has 2 atom stereocenters.